The molecular formula is C13H19N3O5. The van der Waals surface area contributed by atoms with E-state index in [1.807, 2.05) is 6.92 Å². The standard InChI is InChI=1S/C13H19N3O5/c1-4-5-14-13(17)8-15-9-6-11(20-2)12(21-3)7-10(9)16(18)19/h6-7,15H,4-5,8H2,1-3H3,(H,14,17). The maximum absolute atomic E-state index is 11.5. The molecule has 0 saturated carbocycles. The van der Waals surface area contributed by atoms with Crippen molar-refractivity contribution in [3.8, 4) is 11.5 Å². The number of nitrogens with one attached hydrogen (secondary N) is 2. The van der Waals surface area contributed by atoms with E-state index in [-0.39, 0.29) is 29.6 Å². The number of hydrogen-bond acceptors (Lipinski definition) is 6. The SMILES string of the molecule is CCCNC(=O)CNc1cc(OC)c(OC)cc1[N+](=O)[O-]. The third kappa shape index (κ3) is 4.51. The van der Waals surface area contributed by atoms with Gasteiger partial charge in [0.1, 0.15) is 5.69 Å². The van der Waals surface area contributed by atoms with Gasteiger partial charge in [0.15, 0.2) is 11.5 Å². The number of rotatable bonds is 8. The summed E-state index contributed by atoms with van der Waals surface area (Å²) in [4.78, 5) is 22.1. The summed E-state index contributed by atoms with van der Waals surface area (Å²) in [6, 6.07) is 2.69. The molecule has 0 atom stereocenters. The molecule has 0 bridgehead atoms. The number of anilines is 1. The van der Waals surface area contributed by atoms with Crippen molar-refractivity contribution in [2.24, 2.45) is 0 Å². The molecule has 0 saturated heterocycles. The molecule has 21 heavy (non-hydrogen) atoms. The normalized spacial score (nSPS) is 9.86. The van der Waals surface area contributed by atoms with Gasteiger partial charge in [0.05, 0.1) is 31.8 Å². The maximum atomic E-state index is 11.5. The van der Waals surface area contributed by atoms with Gasteiger partial charge in [-0.3, -0.25) is 14.9 Å². The van der Waals surface area contributed by atoms with Crippen LogP contribution in [0.4, 0.5) is 11.4 Å². The van der Waals surface area contributed by atoms with Gasteiger partial charge in [-0.05, 0) is 6.42 Å². The molecule has 0 spiro atoms. The summed E-state index contributed by atoms with van der Waals surface area (Å²) >= 11 is 0. The summed E-state index contributed by atoms with van der Waals surface area (Å²) in [5, 5.41) is 16.5. The summed E-state index contributed by atoms with van der Waals surface area (Å²) in [7, 11) is 2.83. The predicted molar refractivity (Wildman–Crippen MR) is 78.0 cm³/mol. The highest BCUT2D eigenvalue weighted by Gasteiger charge is 2.19. The van der Waals surface area contributed by atoms with E-state index < -0.39 is 4.92 Å². The molecule has 0 radical (unpaired) electrons. The summed E-state index contributed by atoms with van der Waals surface area (Å²) in [6.07, 6.45) is 0.822. The number of ether oxygens (including phenoxy) is 2. The number of hydrogen-bond donors (Lipinski definition) is 2. The monoisotopic (exact) mass is 297 g/mol. The number of nitro groups is 1. The largest absolute Gasteiger partial charge is 0.493 e. The first-order valence-electron chi connectivity index (χ1n) is 6.44. The first kappa shape index (κ1) is 16.5. The smallest absolute Gasteiger partial charge is 0.296 e. The first-order valence-corrected chi connectivity index (χ1v) is 6.44. The Kier molecular flexibility index (Phi) is 6.25. The molecule has 0 heterocycles. The Balaban J connectivity index is 2.93. The molecule has 0 aromatic heterocycles. The Morgan fingerprint density at radius 1 is 1.29 bits per heavy atom. The molecule has 0 aliphatic heterocycles. The average molecular weight is 297 g/mol. The second-order valence-electron chi connectivity index (χ2n) is 4.18. The highest BCUT2D eigenvalue weighted by molar-refractivity contribution is 5.82. The molecule has 0 fully saturated rings. The summed E-state index contributed by atoms with van der Waals surface area (Å²) in [5.41, 5.74) is 0.0141. The van der Waals surface area contributed by atoms with E-state index in [2.05, 4.69) is 10.6 Å². The lowest BCUT2D eigenvalue weighted by Crippen LogP contribution is -2.30. The fraction of sp³-hybridized carbons (Fsp3) is 0.462. The molecule has 1 amide bonds. The van der Waals surface area contributed by atoms with Crippen LogP contribution in [0.5, 0.6) is 11.5 Å². The van der Waals surface area contributed by atoms with Crippen LogP contribution in [0.2, 0.25) is 0 Å². The van der Waals surface area contributed by atoms with Crippen LogP contribution in [0.15, 0.2) is 12.1 Å². The molecule has 0 unspecified atom stereocenters. The van der Waals surface area contributed by atoms with Crippen LogP contribution in [0.3, 0.4) is 0 Å². The van der Waals surface area contributed by atoms with Gasteiger partial charge < -0.3 is 20.1 Å². The molecule has 8 heteroatoms. The fourth-order valence-electron chi connectivity index (χ4n) is 1.66. The van der Waals surface area contributed by atoms with E-state index >= 15 is 0 Å². The van der Waals surface area contributed by atoms with Crippen LogP contribution in [0, 0.1) is 10.1 Å². The van der Waals surface area contributed by atoms with Gasteiger partial charge in [-0.1, -0.05) is 6.92 Å². The lowest BCUT2D eigenvalue weighted by Gasteiger charge is -2.12. The maximum Gasteiger partial charge on any atom is 0.296 e. The Hall–Kier alpha value is -2.51. The van der Waals surface area contributed by atoms with Crippen LogP contribution in [-0.2, 0) is 4.79 Å². The summed E-state index contributed by atoms with van der Waals surface area (Å²) in [5.74, 6) is 0.366. The first-order chi connectivity index (χ1) is 10.0. The van der Waals surface area contributed by atoms with E-state index in [4.69, 9.17) is 9.47 Å². The third-order valence-corrected chi connectivity index (χ3v) is 2.71. The number of benzene rings is 1. The zero-order valence-electron chi connectivity index (χ0n) is 12.3. The van der Waals surface area contributed by atoms with Crippen LogP contribution < -0.4 is 20.1 Å². The van der Waals surface area contributed by atoms with Crippen molar-refractivity contribution in [3.63, 3.8) is 0 Å². The quantitative estimate of drug-likeness (QED) is 0.557. The average Bonchev–Trinajstić information content (AvgIpc) is 2.49. The molecule has 1 rings (SSSR count). The lowest BCUT2D eigenvalue weighted by molar-refractivity contribution is -0.384. The number of amides is 1. The van der Waals surface area contributed by atoms with Crippen molar-refractivity contribution in [2.75, 3.05) is 32.6 Å². The lowest BCUT2D eigenvalue weighted by atomic mass is 10.2. The molecule has 1 aromatic rings. The minimum Gasteiger partial charge on any atom is -0.493 e. The van der Waals surface area contributed by atoms with Crippen molar-refractivity contribution in [1.82, 2.24) is 5.32 Å². The van der Waals surface area contributed by atoms with Crippen LogP contribution >= 0.6 is 0 Å². The Morgan fingerprint density at radius 3 is 2.43 bits per heavy atom. The topological polar surface area (TPSA) is 103 Å². The molecule has 0 aliphatic rings. The van der Waals surface area contributed by atoms with Crippen molar-refractivity contribution in [2.45, 2.75) is 13.3 Å². The number of methoxy groups -OCH3 is 2. The van der Waals surface area contributed by atoms with E-state index in [9.17, 15) is 14.9 Å². The number of carbonyl (C=O) groups excluding carboxylic acids is 1. The van der Waals surface area contributed by atoms with Gasteiger partial charge in [0.2, 0.25) is 5.91 Å². The summed E-state index contributed by atoms with van der Waals surface area (Å²) < 4.78 is 10.1. The van der Waals surface area contributed by atoms with Gasteiger partial charge >= 0.3 is 0 Å². The Morgan fingerprint density at radius 2 is 1.90 bits per heavy atom. The molecule has 8 nitrogen and oxygen atoms in total. The van der Waals surface area contributed by atoms with Crippen LogP contribution in [0.25, 0.3) is 0 Å². The predicted octanol–water partition coefficient (Wildman–Crippen LogP) is 1.55. The second-order valence-corrected chi connectivity index (χ2v) is 4.18. The molecule has 0 aliphatic carbocycles. The van der Waals surface area contributed by atoms with Crippen molar-refractivity contribution < 1.29 is 19.2 Å². The van der Waals surface area contributed by atoms with Gasteiger partial charge in [-0.15, -0.1) is 0 Å². The van der Waals surface area contributed by atoms with E-state index in [1.165, 1.54) is 26.4 Å². The Labute approximate surface area is 122 Å². The number of nitro benzene ring substituents is 1. The fourth-order valence-corrected chi connectivity index (χ4v) is 1.66. The van der Waals surface area contributed by atoms with Gasteiger partial charge in [-0.25, -0.2) is 0 Å². The number of nitrogens with zero attached hydrogens (tertiary/aromatic N) is 1. The van der Waals surface area contributed by atoms with Crippen LogP contribution in [-0.4, -0.2) is 38.1 Å². The minimum atomic E-state index is -0.547. The minimum absolute atomic E-state index is 0.0592. The highest BCUT2D eigenvalue weighted by Crippen LogP contribution is 2.37. The molecule has 2 N–H and O–H groups in total. The van der Waals surface area contributed by atoms with Gasteiger partial charge in [0, 0.05) is 12.6 Å². The molecule has 116 valence electrons. The van der Waals surface area contributed by atoms with Gasteiger partial charge in [0.25, 0.3) is 5.69 Å². The zero-order valence-corrected chi connectivity index (χ0v) is 12.3. The van der Waals surface area contributed by atoms with Crippen molar-refractivity contribution >= 4 is 17.3 Å². The van der Waals surface area contributed by atoms with Crippen molar-refractivity contribution in [1.29, 1.82) is 0 Å². The van der Waals surface area contributed by atoms with Crippen LogP contribution in [0.1, 0.15) is 13.3 Å². The Bertz CT molecular complexity index is 519. The molecule has 1 aromatic carbocycles. The highest BCUT2D eigenvalue weighted by atomic mass is 16.6. The van der Waals surface area contributed by atoms with E-state index in [0.717, 1.165) is 6.42 Å². The van der Waals surface area contributed by atoms with E-state index in [1.54, 1.807) is 0 Å². The third-order valence-electron chi connectivity index (χ3n) is 2.71. The number of carbonyl (C=O) groups is 1. The van der Waals surface area contributed by atoms with Gasteiger partial charge in [-0.2, -0.15) is 0 Å². The van der Waals surface area contributed by atoms with E-state index in [0.29, 0.717) is 12.3 Å². The molecular weight excluding hydrogens is 278 g/mol. The summed E-state index contributed by atoms with van der Waals surface area (Å²) in [6.45, 7) is 2.44. The zero-order chi connectivity index (χ0) is 15.8. The second kappa shape index (κ2) is 7.93. The van der Waals surface area contributed by atoms with Crippen molar-refractivity contribution in [3.05, 3.63) is 22.2 Å².